The minimum Gasteiger partial charge on any atom is -0.348 e. The molecule has 0 aliphatic rings. The molecule has 2 atom stereocenters. The molecule has 0 saturated carbocycles. The lowest BCUT2D eigenvalue weighted by atomic mass is 10.1. The van der Waals surface area contributed by atoms with Crippen LogP contribution in [0.4, 0.5) is 0 Å². The van der Waals surface area contributed by atoms with E-state index in [1.54, 1.807) is 4.68 Å². The second-order valence-electron chi connectivity index (χ2n) is 6.52. The fourth-order valence-corrected chi connectivity index (χ4v) is 3.27. The first-order valence-electron chi connectivity index (χ1n) is 8.63. The van der Waals surface area contributed by atoms with E-state index in [-0.39, 0.29) is 18.0 Å². The van der Waals surface area contributed by atoms with Gasteiger partial charge < -0.3 is 9.88 Å². The number of rotatable bonds is 5. The predicted molar refractivity (Wildman–Crippen MR) is 106 cm³/mol. The highest BCUT2D eigenvalue weighted by Gasteiger charge is 2.22. The van der Waals surface area contributed by atoms with Gasteiger partial charge in [-0.05, 0) is 73.5 Å². The summed E-state index contributed by atoms with van der Waals surface area (Å²) in [4.78, 5) is 12.7. The van der Waals surface area contributed by atoms with Crippen molar-refractivity contribution in [2.75, 3.05) is 0 Å². The SMILES string of the molecule is Cc1nn(C(C)C(=O)NC(C)c2cccc(-n3cccc3)c2)c(C)c1Br. The van der Waals surface area contributed by atoms with Gasteiger partial charge in [0.2, 0.25) is 5.91 Å². The van der Waals surface area contributed by atoms with Gasteiger partial charge in [0.05, 0.1) is 21.9 Å². The number of aromatic nitrogens is 3. The van der Waals surface area contributed by atoms with Crippen molar-refractivity contribution >= 4 is 21.8 Å². The standard InChI is InChI=1S/C20H23BrN4O/c1-13(17-8-7-9-18(12-17)24-10-5-6-11-24)22-20(26)16(4)25-15(3)19(21)14(2)23-25/h5-13,16H,1-4H3,(H,22,26). The number of carbonyl (C=O) groups is 1. The molecule has 0 aliphatic carbocycles. The number of amides is 1. The summed E-state index contributed by atoms with van der Waals surface area (Å²) in [7, 11) is 0. The monoisotopic (exact) mass is 414 g/mol. The Kier molecular flexibility index (Phi) is 5.32. The molecule has 6 heteroatoms. The van der Waals surface area contributed by atoms with Gasteiger partial charge in [0, 0.05) is 18.1 Å². The number of carbonyl (C=O) groups excluding carboxylic acids is 1. The van der Waals surface area contributed by atoms with Crippen molar-refractivity contribution in [1.29, 1.82) is 0 Å². The maximum Gasteiger partial charge on any atom is 0.245 e. The van der Waals surface area contributed by atoms with Crippen LogP contribution in [0.5, 0.6) is 0 Å². The van der Waals surface area contributed by atoms with Crippen LogP contribution in [0.25, 0.3) is 5.69 Å². The number of nitrogens with one attached hydrogen (secondary N) is 1. The van der Waals surface area contributed by atoms with E-state index in [1.807, 2.05) is 75.0 Å². The van der Waals surface area contributed by atoms with Crippen LogP contribution in [0, 0.1) is 13.8 Å². The Balaban J connectivity index is 1.75. The van der Waals surface area contributed by atoms with E-state index < -0.39 is 0 Å². The average molecular weight is 415 g/mol. The second kappa shape index (κ2) is 7.50. The van der Waals surface area contributed by atoms with Gasteiger partial charge in [0.1, 0.15) is 6.04 Å². The highest BCUT2D eigenvalue weighted by Crippen LogP contribution is 2.24. The van der Waals surface area contributed by atoms with Crippen LogP contribution in [-0.2, 0) is 4.79 Å². The summed E-state index contributed by atoms with van der Waals surface area (Å²) in [6.45, 7) is 7.74. The van der Waals surface area contributed by atoms with Crippen LogP contribution in [-0.4, -0.2) is 20.3 Å². The predicted octanol–water partition coefficient (Wildman–Crippen LogP) is 4.49. The summed E-state index contributed by atoms with van der Waals surface area (Å²) in [6, 6.07) is 11.7. The Morgan fingerprint density at radius 1 is 1.15 bits per heavy atom. The van der Waals surface area contributed by atoms with Crippen molar-refractivity contribution in [1.82, 2.24) is 19.7 Å². The maximum atomic E-state index is 12.7. The van der Waals surface area contributed by atoms with Crippen molar-refractivity contribution in [3.63, 3.8) is 0 Å². The number of aryl methyl sites for hydroxylation is 1. The summed E-state index contributed by atoms with van der Waals surface area (Å²) in [5, 5.41) is 7.56. The molecule has 3 rings (SSSR count). The van der Waals surface area contributed by atoms with Crippen molar-refractivity contribution < 1.29 is 4.79 Å². The molecule has 1 amide bonds. The van der Waals surface area contributed by atoms with E-state index >= 15 is 0 Å². The largest absolute Gasteiger partial charge is 0.348 e. The second-order valence-corrected chi connectivity index (χ2v) is 7.31. The van der Waals surface area contributed by atoms with Crippen molar-refractivity contribution in [3.05, 3.63) is 70.2 Å². The third-order valence-corrected chi connectivity index (χ3v) is 5.76. The Morgan fingerprint density at radius 3 is 2.46 bits per heavy atom. The highest BCUT2D eigenvalue weighted by atomic mass is 79.9. The van der Waals surface area contributed by atoms with E-state index in [4.69, 9.17) is 0 Å². The Labute approximate surface area is 162 Å². The molecule has 5 nitrogen and oxygen atoms in total. The smallest absolute Gasteiger partial charge is 0.245 e. The highest BCUT2D eigenvalue weighted by molar-refractivity contribution is 9.10. The summed E-state index contributed by atoms with van der Waals surface area (Å²) < 4.78 is 4.76. The van der Waals surface area contributed by atoms with E-state index in [0.717, 1.165) is 27.1 Å². The van der Waals surface area contributed by atoms with Gasteiger partial charge in [-0.2, -0.15) is 5.10 Å². The van der Waals surface area contributed by atoms with Crippen LogP contribution in [0.2, 0.25) is 0 Å². The molecular weight excluding hydrogens is 392 g/mol. The van der Waals surface area contributed by atoms with Gasteiger partial charge in [-0.3, -0.25) is 9.48 Å². The zero-order valence-electron chi connectivity index (χ0n) is 15.4. The van der Waals surface area contributed by atoms with Gasteiger partial charge >= 0.3 is 0 Å². The van der Waals surface area contributed by atoms with Crippen LogP contribution >= 0.6 is 15.9 Å². The molecule has 0 saturated heterocycles. The summed E-state index contributed by atoms with van der Waals surface area (Å²) >= 11 is 3.51. The van der Waals surface area contributed by atoms with Gasteiger partial charge in [0.25, 0.3) is 0 Å². The van der Waals surface area contributed by atoms with Crippen molar-refractivity contribution in [3.8, 4) is 5.69 Å². The minimum absolute atomic E-state index is 0.0537. The summed E-state index contributed by atoms with van der Waals surface area (Å²) in [5.74, 6) is -0.0537. The lowest BCUT2D eigenvalue weighted by Crippen LogP contribution is -2.33. The minimum atomic E-state index is -0.380. The molecule has 2 aromatic heterocycles. The molecule has 2 unspecified atom stereocenters. The number of hydrogen-bond acceptors (Lipinski definition) is 2. The van der Waals surface area contributed by atoms with Crippen molar-refractivity contribution in [2.45, 2.75) is 39.8 Å². The molecule has 0 fully saturated rings. The van der Waals surface area contributed by atoms with Gasteiger partial charge in [0.15, 0.2) is 0 Å². The first-order chi connectivity index (χ1) is 12.4. The summed E-state index contributed by atoms with van der Waals surface area (Å²) in [6.07, 6.45) is 4.01. The molecule has 1 N–H and O–H groups in total. The van der Waals surface area contributed by atoms with Crippen LogP contribution < -0.4 is 5.32 Å². The number of hydrogen-bond donors (Lipinski definition) is 1. The summed E-state index contributed by atoms with van der Waals surface area (Å²) in [5.41, 5.74) is 3.97. The lowest BCUT2D eigenvalue weighted by molar-refractivity contribution is -0.124. The maximum absolute atomic E-state index is 12.7. The first-order valence-corrected chi connectivity index (χ1v) is 9.42. The van der Waals surface area contributed by atoms with Crippen molar-refractivity contribution in [2.24, 2.45) is 0 Å². The Hall–Kier alpha value is -2.34. The first kappa shape index (κ1) is 18.5. The topological polar surface area (TPSA) is 51.9 Å². The Bertz CT molecular complexity index is 914. The number of halogens is 1. The van der Waals surface area contributed by atoms with E-state index in [0.29, 0.717) is 0 Å². The van der Waals surface area contributed by atoms with E-state index in [1.165, 1.54) is 0 Å². The van der Waals surface area contributed by atoms with Gasteiger partial charge in [-0.15, -0.1) is 0 Å². The molecule has 1 aromatic carbocycles. The zero-order valence-corrected chi connectivity index (χ0v) is 17.0. The number of benzene rings is 1. The van der Waals surface area contributed by atoms with Gasteiger partial charge in [-0.1, -0.05) is 12.1 Å². The van der Waals surface area contributed by atoms with E-state index in [9.17, 15) is 4.79 Å². The lowest BCUT2D eigenvalue weighted by Gasteiger charge is -2.20. The van der Waals surface area contributed by atoms with Crippen LogP contribution in [0.3, 0.4) is 0 Å². The molecule has 0 bridgehead atoms. The molecular formula is C20H23BrN4O. The molecule has 3 aromatic rings. The molecule has 26 heavy (non-hydrogen) atoms. The quantitative estimate of drug-likeness (QED) is 0.668. The van der Waals surface area contributed by atoms with Crippen LogP contribution in [0.1, 0.15) is 42.9 Å². The third kappa shape index (κ3) is 3.60. The molecule has 136 valence electrons. The normalized spacial score (nSPS) is 13.4. The molecule has 0 aliphatic heterocycles. The number of nitrogens with zero attached hydrogens (tertiary/aromatic N) is 3. The van der Waals surface area contributed by atoms with E-state index in [2.05, 4.69) is 32.4 Å². The Morgan fingerprint density at radius 2 is 1.85 bits per heavy atom. The van der Waals surface area contributed by atoms with Gasteiger partial charge in [-0.25, -0.2) is 0 Å². The van der Waals surface area contributed by atoms with Crippen LogP contribution in [0.15, 0.2) is 53.3 Å². The average Bonchev–Trinajstić information content (AvgIpc) is 3.26. The fourth-order valence-electron chi connectivity index (χ4n) is 3.01. The molecule has 2 heterocycles. The third-order valence-electron chi connectivity index (χ3n) is 4.61. The zero-order chi connectivity index (χ0) is 18.8. The molecule has 0 radical (unpaired) electrons. The fraction of sp³-hybridized carbons (Fsp3) is 0.300. The molecule has 0 spiro atoms.